The number of anilines is 1. The Morgan fingerprint density at radius 1 is 1.05 bits per heavy atom. The number of rotatable bonds is 4. The van der Waals surface area contributed by atoms with Gasteiger partial charge in [-0.3, -0.25) is 0 Å². The van der Waals surface area contributed by atoms with Crippen LogP contribution >= 0.6 is 0 Å². The smallest absolute Gasteiger partial charge is 0.319 e. The summed E-state index contributed by atoms with van der Waals surface area (Å²) in [4.78, 5) is 11.9. The molecule has 2 N–H and O–H groups in total. The van der Waals surface area contributed by atoms with Crippen LogP contribution in [0.25, 0.3) is 0 Å². The van der Waals surface area contributed by atoms with Gasteiger partial charge in [0.05, 0.1) is 6.04 Å². The molecule has 0 aromatic heterocycles. The maximum atomic E-state index is 11.9. The molecule has 1 atom stereocenters. The first-order chi connectivity index (χ1) is 9.69. The van der Waals surface area contributed by atoms with Crippen LogP contribution in [0.1, 0.15) is 31.0 Å². The van der Waals surface area contributed by atoms with Crippen LogP contribution in [-0.4, -0.2) is 6.03 Å². The van der Waals surface area contributed by atoms with E-state index in [2.05, 4.69) is 41.8 Å². The maximum Gasteiger partial charge on any atom is 0.319 e. The number of amides is 2. The van der Waals surface area contributed by atoms with Gasteiger partial charge in [0.15, 0.2) is 0 Å². The van der Waals surface area contributed by atoms with Crippen molar-refractivity contribution in [2.24, 2.45) is 0 Å². The number of urea groups is 1. The molecule has 2 aromatic carbocycles. The highest BCUT2D eigenvalue weighted by atomic mass is 16.2. The Hall–Kier alpha value is -2.29. The molecule has 0 heterocycles. The highest BCUT2D eigenvalue weighted by Gasteiger charge is 2.09. The molecule has 3 heteroatoms. The molecule has 0 aliphatic rings. The zero-order valence-electron chi connectivity index (χ0n) is 11.9. The predicted molar refractivity (Wildman–Crippen MR) is 82.8 cm³/mol. The third-order valence-electron chi connectivity index (χ3n) is 3.27. The fourth-order valence-electron chi connectivity index (χ4n) is 2.01. The normalized spacial score (nSPS) is 11.7. The summed E-state index contributed by atoms with van der Waals surface area (Å²) >= 11 is 0. The van der Waals surface area contributed by atoms with Crippen molar-refractivity contribution in [3.8, 4) is 0 Å². The second kappa shape index (κ2) is 6.75. The van der Waals surface area contributed by atoms with Gasteiger partial charge >= 0.3 is 6.03 Å². The van der Waals surface area contributed by atoms with Crippen LogP contribution in [-0.2, 0) is 6.42 Å². The molecule has 2 aromatic rings. The largest absolute Gasteiger partial charge is 0.331 e. The number of benzene rings is 2. The van der Waals surface area contributed by atoms with Gasteiger partial charge in [0.2, 0.25) is 0 Å². The molecule has 2 amide bonds. The average Bonchev–Trinajstić information content (AvgIpc) is 2.48. The third-order valence-corrected chi connectivity index (χ3v) is 3.27. The van der Waals surface area contributed by atoms with Gasteiger partial charge in [-0.1, -0.05) is 49.4 Å². The summed E-state index contributed by atoms with van der Waals surface area (Å²) in [5.41, 5.74) is 3.19. The van der Waals surface area contributed by atoms with E-state index in [1.807, 2.05) is 37.3 Å². The van der Waals surface area contributed by atoms with Gasteiger partial charge < -0.3 is 10.6 Å². The minimum absolute atomic E-state index is 0.0235. The molecule has 0 saturated carbocycles. The van der Waals surface area contributed by atoms with Gasteiger partial charge in [-0.15, -0.1) is 0 Å². The predicted octanol–water partition coefficient (Wildman–Crippen LogP) is 4.13. The number of nitrogens with one attached hydrogen (secondary N) is 2. The number of aryl methyl sites for hydroxylation is 1. The Kier molecular flexibility index (Phi) is 4.77. The number of hydrogen-bond acceptors (Lipinski definition) is 1. The van der Waals surface area contributed by atoms with E-state index < -0.39 is 0 Å². The standard InChI is InChI=1S/C17H20N2O/c1-3-14-9-11-15(12-10-14)13(2)18-17(20)19-16-7-5-4-6-8-16/h4-13H,3H2,1-2H3,(H2,18,19,20). The molecule has 1 unspecified atom stereocenters. The first-order valence-electron chi connectivity index (χ1n) is 6.90. The van der Waals surface area contributed by atoms with E-state index in [0.29, 0.717) is 0 Å². The summed E-state index contributed by atoms with van der Waals surface area (Å²) in [5, 5.41) is 5.75. The Labute approximate surface area is 120 Å². The van der Waals surface area contributed by atoms with Gasteiger partial charge in [0.1, 0.15) is 0 Å². The van der Waals surface area contributed by atoms with Crippen molar-refractivity contribution >= 4 is 11.7 Å². The third kappa shape index (κ3) is 3.85. The fourth-order valence-corrected chi connectivity index (χ4v) is 2.01. The highest BCUT2D eigenvalue weighted by Crippen LogP contribution is 2.14. The molecule has 104 valence electrons. The molecule has 0 bridgehead atoms. The van der Waals surface area contributed by atoms with Gasteiger partial charge in [0, 0.05) is 5.69 Å². The quantitative estimate of drug-likeness (QED) is 0.860. The monoisotopic (exact) mass is 268 g/mol. The lowest BCUT2D eigenvalue weighted by Gasteiger charge is -2.15. The number of carbonyl (C=O) groups excluding carboxylic acids is 1. The van der Waals surface area contributed by atoms with Crippen molar-refractivity contribution in [1.82, 2.24) is 5.32 Å². The van der Waals surface area contributed by atoms with Gasteiger partial charge in [0.25, 0.3) is 0 Å². The molecule has 0 fully saturated rings. The first kappa shape index (κ1) is 14.1. The molecule has 0 aliphatic carbocycles. The van der Waals surface area contributed by atoms with Crippen LogP contribution in [0.2, 0.25) is 0 Å². The molecule has 0 aliphatic heterocycles. The number of hydrogen-bond donors (Lipinski definition) is 2. The van der Waals surface area contributed by atoms with E-state index in [1.54, 1.807) is 0 Å². The summed E-state index contributed by atoms with van der Waals surface area (Å²) in [7, 11) is 0. The molecular formula is C17H20N2O. The SMILES string of the molecule is CCc1ccc(C(C)NC(=O)Nc2ccccc2)cc1. The van der Waals surface area contributed by atoms with Crippen LogP contribution in [0.3, 0.4) is 0 Å². The molecule has 0 radical (unpaired) electrons. The van der Waals surface area contributed by atoms with Crippen LogP contribution in [0.4, 0.5) is 10.5 Å². The summed E-state index contributed by atoms with van der Waals surface area (Å²) in [6.45, 7) is 4.11. The van der Waals surface area contributed by atoms with Gasteiger partial charge in [-0.05, 0) is 36.6 Å². The van der Waals surface area contributed by atoms with Gasteiger partial charge in [-0.25, -0.2) is 4.79 Å². The Morgan fingerprint density at radius 3 is 2.30 bits per heavy atom. The Balaban J connectivity index is 1.93. The van der Waals surface area contributed by atoms with Crippen molar-refractivity contribution in [2.75, 3.05) is 5.32 Å². The Morgan fingerprint density at radius 2 is 1.70 bits per heavy atom. The van der Waals surface area contributed by atoms with E-state index in [0.717, 1.165) is 17.7 Å². The topological polar surface area (TPSA) is 41.1 Å². The number of para-hydroxylation sites is 1. The van der Waals surface area contributed by atoms with Crippen molar-refractivity contribution in [3.63, 3.8) is 0 Å². The summed E-state index contributed by atoms with van der Waals surface area (Å²) in [6.07, 6.45) is 1.02. The average molecular weight is 268 g/mol. The minimum atomic E-state index is -0.191. The zero-order valence-corrected chi connectivity index (χ0v) is 11.9. The van der Waals surface area contributed by atoms with E-state index in [9.17, 15) is 4.79 Å². The summed E-state index contributed by atoms with van der Waals surface area (Å²) in [5.74, 6) is 0. The van der Waals surface area contributed by atoms with E-state index in [-0.39, 0.29) is 12.1 Å². The molecule has 20 heavy (non-hydrogen) atoms. The van der Waals surface area contributed by atoms with Crippen LogP contribution in [0, 0.1) is 0 Å². The van der Waals surface area contributed by atoms with Crippen molar-refractivity contribution in [3.05, 3.63) is 65.7 Å². The van der Waals surface area contributed by atoms with E-state index in [1.165, 1.54) is 5.56 Å². The summed E-state index contributed by atoms with van der Waals surface area (Å²) < 4.78 is 0. The second-order valence-electron chi connectivity index (χ2n) is 4.78. The van der Waals surface area contributed by atoms with E-state index >= 15 is 0 Å². The number of carbonyl (C=O) groups is 1. The van der Waals surface area contributed by atoms with Gasteiger partial charge in [-0.2, -0.15) is 0 Å². The lowest BCUT2D eigenvalue weighted by molar-refractivity contribution is 0.249. The molecule has 3 nitrogen and oxygen atoms in total. The fraction of sp³-hybridized carbons (Fsp3) is 0.235. The maximum absolute atomic E-state index is 11.9. The second-order valence-corrected chi connectivity index (χ2v) is 4.78. The minimum Gasteiger partial charge on any atom is -0.331 e. The molecule has 2 rings (SSSR count). The van der Waals surface area contributed by atoms with Crippen LogP contribution in [0.15, 0.2) is 54.6 Å². The summed E-state index contributed by atoms with van der Waals surface area (Å²) in [6, 6.07) is 17.5. The zero-order chi connectivity index (χ0) is 14.4. The first-order valence-corrected chi connectivity index (χ1v) is 6.90. The van der Waals surface area contributed by atoms with Crippen molar-refractivity contribution in [2.45, 2.75) is 26.3 Å². The van der Waals surface area contributed by atoms with Crippen LogP contribution < -0.4 is 10.6 Å². The Bertz CT molecular complexity index is 549. The van der Waals surface area contributed by atoms with E-state index in [4.69, 9.17) is 0 Å². The van der Waals surface area contributed by atoms with Crippen LogP contribution in [0.5, 0.6) is 0 Å². The lowest BCUT2D eigenvalue weighted by Crippen LogP contribution is -2.31. The molecule has 0 saturated heterocycles. The lowest BCUT2D eigenvalue weighted by atomic mass is 10.1. The highest BCUT2D eigenvalue weighted by molar-refractivity contribution is 5.89. The van der Waals surface area contributed by atoms with Crippen molar-refractivity contribution in [1.29, 1.82) is 0 Å². The molecule has 0 spiro atoms. The van der Waals surface area contributed by atoms with Crippen molar-refractivity contribution < 1.29 is 4.79 Å². The molecular weight excluding hydrogens is 248 g/mol.